The van der Waals surface area contributed by atoms with E-state index in [1.807, 2.05) is 17.3 Å². The number of aryl methyl sites for hydroxylation is 1. The van der Waals surface area contributed by atoms with E-state index in [-0.39, 0.29) is 5.91 Å². The van der Waals surface area contributed by atoms with Crippen LogP contribution >= 0.6 is 0 Å². The van der Waals surface area contributed by atoms with Crippen LogP contribution in [0, 0.1) is 0 Å². The van der Waals surface area contributed by atoms with Crippen LogP contribution in [-0.4, -0.2) is 107 Å². The molecule has 8 heterocycles. The lowest BCUT2D eigenvalue weighted by molar-refractivity contribution is -0.129. The Kier molecular flexibility index (Phi) is 8.38. The van der Waals surface area contributed by atoms with Gasteiger partial charge in [0.15, 0.2) is 5.82 Å². The van der Waals surface area contributed by atoms with Crippen molar-refractivity contribution >= 4 is 23.2 Å². The maximum atomic E-state index is 12.4. The third-order valence-corrected chi connectivity index (χ3v) is 10.9. The molecule has 0 radical (unpaired) electrons. The number of piperidine rings is 1. The first-order chi connectivity index (χ1) is 22.6. The highest BCUT2D eigenvalue weighted by atomic mass is 16.5. The summed E-state index contributed by atoms with van der Waals surface area (Å²) in [5.41, 5.74) is 6.93. The fraction of sp³-hybridized carbons (Fsp3) is 0.600. The fourth-order valence-corrected chi connectivity index (χ4v) is 8.24. The molecule has 0 aliphatic carbocycles. The van der Waals surface area contributed by atoms with E-state index in [9.17, 15) is 4.79 Å². The van der Waals surface area contributed by atoms with Gasteiger partial charge in [0.25, 0.3) is 0 Å². The summed E-state index contributed by atoms with van der Waals surface area (Å²) in [6.45, 7) is 12.2. The molecule has 0 unspecified atom stereocenters. The van der Waals surface area contributed by atoms with E-state index in [4.69, 9.17) is 19.8 Å². The summed E-state index contributed by atoms with van der Waals surface area (Å²) in [7, 11) is 0. The van der Waals surface area contributed by atoms with Gasteiger partial charge in [0, 0.05) is 108 Å². The number of nitrogens with zero attached hydrogens (tertiary/aromatic N) is 8. The highest BCUT2D eigenvalue weighted by Gasteiger charge is 2.33. The number of nitrogens with one attached hydrogen (secondary N) is 1. The van der Waals surface area contributed by atoms with Crippen molar-refractivity contribution in [1.29, 1.82) is 0 Å². The van der Waals surface area contributed by atoms with Crippen molar-refractivity contribution in [2.75, 3.05) is 75.4 Å². The van der Waals surface area contributed by atoms with E-state index >= 15 is 0 Å². The molecule has 5 aliphatic rings. The van der Waals surface area contributed by atoms with Gasteiger partial charge in [-0.2, -0.15) is 5.10 Å². The van der Waals surface area contributed by atoms with Crippen LogP contribution in [-0.2, 0) is 28.9 Å². The number of carbonyl (C=O) groups excluding carboxylic acids is 1. The first kappa shape index (κ1) is 29.8. The number of carbonyl (C=O) groups is 1. The fourth-order valence-electron chi connectivity index (χ4n) is 8.24. The SMILES string of the molecule is CC(=O)N1CCc2c(c(N3CCCc4cc(-c5ccc(N6CCC(N7CCNCC7)CC6)nc5)ncc43)nn2C2CCOCC2)C1. The highest BCUT2D eigenvalue weighted by molar-refractivity contribution is 5.75. The van der Waals surface area contributed by atoms with E-state index in [1.165, 1.54) is 42.8 Å². The Bertz CT molecular complexity index is 1540. The molecule has 0 saturated carbocycles. The van der Waals surface area contributed by atoms with Crippen molar-refractivity contribution in [3.05, 3.63) is 47.4 Å². The second-order valence-electron chi connectivity index (χ2n) is 13.6. The monoisotopic (exact) mass is 625 g/mol. The van der Waals surface area contributed by atoms with Gasteiger partial charge in [-0.3, -0.25) is 19.4 Å². The summed E-state index contributed by atoms with van der Waals surface area (Å²) in [4.78, 5) is 31.7. The largest absolute Gasteiger partial charge is 0.381 e. The predicted molar refractivity (Wildman–Crippen MR) is 179 cm³/mol. The zero-order chi connectivity index (χ0) is 31.0. The molecule has 3 aromatic rings. The second-order valence-corrected chi connectivity index (χ2v) is 13.6. The molecule has 0 bridgehead atoms. The van der Waals surface area contributed by atoms with Crippen LogP contribution in [0.15, 0.2) is 30.6 Å². The maximum absolute atomic E-state index is 12.4. The van der Waals surface area contributed by atoms with Gasteiger partial charge in [0.2, 0.25) is 5.91 Å². The zero-order valence-corrected chi connectivity index (χ0v) is 27.2. The van der Waals surface area contributed by atoms with Gasteiger partial charge in [0.1, 0.15) is 5.82 Å². The van der Waals surface area contributed by atoms with Crippen LogP contribution in [0.2, 0.25) is 0 Å². The van der Waals surface area contributed by atoms with Gasteiger partial charge >= 0.3 is 0 Å². The molecule has 0 atom stereocenters. The van der Waals surface area contributed by atoms with Gasteiger partial charge < -0.3 is 24.8 Å². The lowest BCUT2D eigenvalue weighted by atomic mass is 9.99. The molecule has 8 rings (SSSR count). The number of hydrogen-bond acceptors (Lipinski definition) is 9. The third kappa shape index (κ3) is 5.77. The quantitative estimate of drug-likeness (QED) is 0.457. The minimum Gasteiger partial charge on any atom is -0.381 e. The van der Waals surface area contributed by atoms with E-state index < -0.39 is 0 Å². The van der Waals surface area contributed by atoms with Gasteiger partial charge in [-0.15, -0.1) is 0 Å². The summed E-state index contributed by atoms with van der Waals surface area (Å²) >= 11 is 0. The number of pyridine rings is 2. The number of piperazine rings is 1. The van der Waals surface area contributed by atoms with Crippen molar-refractivity contribution in [3.63, 3.8) is 0 Å². The number of fused-ring (bicyclic) bond motifs is 2. The standard InChI is InChI=1S/C35H47N9O2/c1-25(45)42-16-8-32-30(24-42)35(39-44(32)29-9-19-46-20-10-29)43-13-2-3-26-21-31(37-23-33(26)43)27-4-5-34(38-22-27)41-14-6-28(7-15-41)40-17-11-36-12-18-40/h4-5,21-23,28-29,36H,2-3,6-20,24H2,1H3. The number of rotatable bonds is 5. The van der Waals surface area contributed by atoms with Gasteiger partial charge in [-0.05, 0) is 62.3 Å². The number of aromatic nitrogens is 4. The molecule has 11 heteroatoms. The van der Waals surface area contributed by atoms with Crippen LogP contribution in [0.5, 0.6) is 0 Å². The minimum absolute atomic E-state index is 0.125. The van der Waals surface area contributed by atoms with Crippen LogP contribution in [0.4, 0.5) is 17.3 Å². The molecule has 244 valence electrons. The van der Waals surface area contributed by atoms with Crippen LogP contribution in [0.3, 0.4) is 0 Å². The Morgan fingerprint density at radius 1 is 0.913 bits per heavy atom. The lowest BCUT2D eigenvalue weighted by Gasteiger charge is -2.40. The molecule has 3 saturated heterocycles. The predicted octanol–water partition coefficient (Wildman–Crippen LogP) is 3.55. The first-order valence-corrected chi connectivity index (χ1v) is 17.5. The third-order valence-electron chi connectivity index (χ3n) is 10.9. The van der Waals surface area contributed by atoms with Gasteiger partial charge in [0.05, 0.1) is 30.2 Å². The lowest BCUT2D eigenvalue weighted by Crippen LogP contribution is -2.52. The minimum atomic E-state index is 0.125. The molecule has 0 aromatic carbocycles. The Labute approximate surface area is 271 Å². The van der Waals surface area contributed by atoms with Crippen molar-refractivity contribution in [2.24, 2.45) is 0 Å². The topological polar surface area (TPSA) is 94.9 Å². The first-order valence-electron chi connectivity index (χ1n) is 17.5. The van der Waals surface area contributed by atoms with Gasteiger partial charge in [-0.25, -0.2) is 4.98 Å². The van der Waals surface area contributed by atoms with Crippen molar-refractivity contribution in [2.45, 2.75) is 70.5 Å². The van der Waals surface area contributed by atoms with Crippen molar-refractivity contribution in [1.82, 2.24) is 34.9 Å². The number of ether oxygens (including phenoxy) is 1. The normalized spacial score (nSPS) is 21.7. The molecule has 3 aromatic heterocycles. The van der Waals surface area contributed by atoms with Crippen LogP contribution in [0.1, 0.15) is 61.9 Å². The van der Waals surface area contributed by atoms with Crippen LogP contribution in [0.25, 0.3) is 11.3 Å². The second kappa shape index (κ2) is 12.9. The molecule has 11 nitrogen and oxygen atoms in total. The molecule has 1 amide bonds. The smallest absolute Gasteiger partial charge is 0.219 e. The Morgan fingerprint density at radius 3 is 2.50 bits per heavy atom. The average molecular weight is 626 g/mol. The number of anilines is 3. The van der Waals surface area contributed by atoms with E-state index in [2.05, 4.69) is 42.9 Å². The maximum Gasteiger partial charge on any atom is 0.219 e. The molecular formula is C35H47N9O2. The molecule has 1 N–H and O–H groups in total. The summed E-state index contributed by atoms with van der Waals surface area (Å²) in [6.07, 6.45) is 11.3. The number of hydrogen-bond donors (Lipinski definition) is 1. The van der Waals surface area contributed by atoms with E-state index in [1.54, 1.807) is 6.92 Å². The van der Waals surface area contributed by atoms with E-state index in [0.717, 1.165) is 113 Å². The summed E-state index contributed by atoms with van der Waals surface area (Å²) in [6, 6.07) is 7.65. The Morgan fingerprint density at radius 2 is 1.74 bits per heavy atom. The summed E-state index contributed by atoms with van der Waals surface area (Å²) < 4.78 is 7.95. The zero-order valence-electron chi connectivity index (χ0n) is 27.2. The average Bonchev–Trinajstić information content (AvgIpc) is 3.51. The Hall–Kier alpha value is -3.54. The summed E-state index contributed by atoms with van der Waals surface area (Å²) in [5, 5.41) is 8.77. The molecular weight excluding hydrogens is 578 g/mol. The Balaban J connectivity index is 1.01. The highest BCUT2D eigenvalue weighted by Crippen LogP contribution is 2.40. The van der Waals surface area contributed by atoms with Crippen molar-refractivity contribution in [3.8, 4) is 11.3 Å². The summed E-state index contributed by atoms with van der Waals surface area (Å²) in [5.74, 6) is 2.19. The van der Waals surface area contributed by atoms with Gasteiger partial charge in [-0.1, -0.05) is 0 Å². The molecule has 3 fully saturated rings. The molecule has 46 heavy (non-hydrogen) atoms. The number of amides is 1. The van der Waals surface area contributed by atoms with Crippen LogP contribution < -0.4 is 15.1 Å². The molecule has 0 spiro atoms. The van der Waals surface area contributed by atoms with Crippen molar-refractivity contribution < 1.29 is 9.53 Å². The van der Waals surface area contributed by atoms with E-state index in [0.29, 0.717) is 18.6 Å². The molecule has 5 aliphatic heterocycles.